The van der Waals surface area contributed by atoms with E-state index in [0.29, 0.717) is 10.7 Å². The summed E-state index contributed by atoms with van der Waals surface area (Å²) in [6, 6.07) is 15.7. The number of carbonyl (C=O) groups is 3. The van der Waals surface area contributed by atoms with E-state index >= 15 is 0 Å². The third-order valence-corrected chi connectivity index (χ3v) is 5.02. The Balaban J connectivity index is 1.68. The highest BCUT2D eigenvalue weighted by molar-refractivity contribution is 6.36. The average Bonchev–Trinajstić information content (AvgIpc) is 3.31. The number of hydrogen-bond donors (Lipinski definition) is 2. The quantitative estimate of drug-likeness (QED) is 0.468. The first-order valence-corrected chi connectivity index (χ1v) is 10.4. The summed E-state index contributed by atoms with van der Waals surface area (Å²) >= 11 is 11.9. The lowest BCUT2D eigenvalue weighted by Gasteiger charge is -2.20. The normalized spacial score (nSPS) is 12.5. The van der Waals surface area contributed by atoms with Crippen molar-refractivity contribution in [3.8, 4) is 0 Å². The number of hydrogen-bond acceptors (Lipinski definition) is 5. The number of ether oxygens (including phenoxy) is 1. The monoisotopic (exact) mass is 474 g/mol. The second kappa shape index (κ2) is 10.8. The van der Waals surface area contributed by atoms with E-state index in [4.69, 9.17) is 32.4 Å². The lowest BCUT2D eigenvalue weighted by Crippen LogP contribution is -2.45. The highest BCUT2D eigenvalue weighted by Gasteiger charge is 2.28. The largest absolute Gasteiger partial charge is 0.459 e. The van der Waals surface area contributed by atoms with E-state index in [0.717, 1.165) is 5.56 Å². The van der Waals surface area contributed by atoms with Gasteiger partial charge in [-0.1, -0.05) is 53.5 Å². The van der Waals surface area contributed by atoms with Gasteiger partial charge in [0.05, 0.1) is 17.0 Å². The minimum atomic E-state index is -1.15. The SMILES string of the molecule is C[C@H](OC(=O)[C@@H](Cc1ccccc1)NC(=O)c1ccco1)C(=O)Nc1ccc(Cl)cc1Cl. The molecule has 0 bridgehead atoms. The Hall–Kier alpha value is -3.29. The van der Waals surface area contributed by atoms with Crippen LogP contribution < -0.4 is 10.6 Å². The van der Waals surface area contributed by atoms with E-state index in [9.17, 15) is 14.4 Å². The second-order valence-electron chi connectivity index (χ2n) is 6.89. The van der Waals surface area contributed by atoms with Crippen LogP contribution in [-0.2, 0) is 20.7 Å². The van der Waals surface area contributed by atoms with Crippen LogP contribution in [0.4, 0.5) is 5.69 Å². The molecule has 3 rings (SSSR count). The zero-order chi connectivity index (χ0) is 23.1. The maximum atomic E-state index is 12.8. The molecular weight excluding hydrogens is 455 g/mol. The predicted octanol–water partition coefficient (Wildman–Crippen LogP) is 4.50. The Morgan fingerprint density at radius 2 is 1.78 bits per heavy atom. The van der Waals surface area contributed by atoms with Crippen molar-refractivity contribution < 1.29 is 23.5 Å². The topological polar surface area (TPSA) is 97.6 Å². The summed E-state index contributed by atoms with van der Waals surface area (Å²) in [6.07, 6.45) is 0.380. The van der Waals surface area contributed by atoms with Crippen LogP contribution in [0.25, 0.3) is 0 Å². The molecule has 0 aliphatic rings. The number of nitrogens with one attached hydrogen (secondary N) is 2. The molecule has 0 radical (unpaired) electrons. The fourth-order valence-corrected chi connectivity index (χ4v) is 3.27. The van der Waals surface area contributed by atoms with Crippen molar-refractivity contribution in [1.29, 1.82) is 0 Å². The van der Waals surface area contributed by atoms with Gasteiger partial charge < -0.3 is 19.8 Å². The van der Waals surface area contributed by atoms with Gasteiger partial charge in [-0.2, -0.15) is 0 Å². The standard InChI is InChI=1S/C23H20Cl2N2O5/c1-14(21(28)26-18-10-9-16(24)13-17(18)25)32-23(30)19(12-15-6-3-2-4-7-15)27-22(29)20-8-5-11-31-20/h2-11,13-14,19H,12H2,1H3,(H,26,28)(H,27,29)/t14-,19+/m0/s1. The van der Waals surface area contributed by atoms with Crippen LogP contribution in [0.15, 0.2) is 71.3 Å². The third-order valence-electron chi connectivity index (χ3n) is 4.47. The number of carbonyl (C=O) groups excluding carboxylic acids is 3. The number of furan rings is 1. The summed E-state index contributed by atoms with van der Waals surface area (Å²) in [4.78, 5) is 37.8. The lowest BCUT2D eigenvalue weighted by atomic mass is 10.1. The molecule has 2 N–H and O–H groups in total. The Morgan fingerprint density at radius 1 is 1.03 bits per heavy atom. The zero-order valence-corrected chi connectivity index (χ0v) is 18.5. The van der Waals surface area contributed by atoms with Crippen LogP contribution in [0.3, 0.4) is 0 Å². The lowest BCUT2D eigenvalue weighted by molar-refractivity contribution is -0.155. The molecule has 0 aliphatic carbocycles. The number of amides is 2. The first-order chi connectivity index (χ1) is 15.3. The summed E-state index contributed by atoms with van der Waals surface area (Å²) in [6.45, 7) is 1.42. The summed E-state index contributed by atoms with van der Waals surface area (Å²) in [5, 5.41) is 5.85. The van der Waals surface area contributed by atoms with Crippen LogP contribution in [0.2, 0.25) is 10.0 Å². The Kier molecular flexibility index (Phi) is 7.92. The molecule has 0 unspecified atom stereocenters. The molecule has 166 valence electrons. The number of rotatable bonds is 8. The highest BCUT2D eigenvalue weighted by Crippen LogP contribution is 2.25. The van der Waals surface area contributed by atoms with Crippen molar-refractivity contribution in [2.45, 2.75) is 25.5 Å². The maximum absolute atomic E-state index is 12.8. The fourth-order valence-electron chi connectivity index (χ4n) is 2.82. The molecule has 2 atom stereocenters. The van der Waals surface area contributed by atoms with Crippen molar-refractivity contribution in [3.63, 3.8) is 0 Å². The van der Waals surface area contributed by atoms with E-state index in [1.165, 1.54) is 25.3 Å². The first kappa shape index (κ1) is 23.4. The van der Waals surface area contributed by atoms with Crippen LogP contribution in [0.5, 0.6) is 0 Å². The van der Waals surface area contributed by atoms with Crippen LogP contribution in [-0.4, -0.2) is 29.9 Å². The minimum Gasteiger partial charge on any atom is -0.459 e. The Bertz CT molecular complexity index is 1090. The van der Waals surface area contributed by atoms with Gasteiger partial charge in [0, 0.05) is 11.4 Å². The van der Waals surface area contributed by atoms with Gasteiger partial charge in [0.25, 0.3) is 11.8 Å². The molecule has 0 saturated carbocycles. The van der Waals surface area contributed by atoms with E-state index in [2.05, 4.69) is 10.6 Å². The van der Waals surface area contributed by atoms with Crippen LogP contribution in [0, 0.1) is 0 Å². The van der Waals surface area contributed by atoms with Crippen LogP contribution in [0.1, 0.15) is 23.0 Å². The third kappa shape index (κ3) is 6.35. The molecule has 9 heteroatoms. The van der Waals surface area contributed by atoms with Crippen molar-refractivity contribution >= 4 is 46.7 Å². The second-order valence-corrected chi connectivity index (χ2v) is 7.73. The van der Waals surface area contributed by atoms with Gasteiger partial charge in [-0.25, -0.2) is 4.79 Å². The molecular formula is C23H20Cl2N2O5. The van der Waals surface area contributed by atoms with Gasteiger partial charge in [-0.05, 0) is 42.8 Å². The molecule has 32 heavy (non-hydrogen) atoms. The number of benzene rings is 2. The Morgan fingerprint density at radius 3 is 2.44 bits per heavy atom. The average molecular weight is 475 g/mol. The minimum absolute atomic E-state index is 0.0547. The van der Waals surface area contributed by atoms with Gasteiger partial charge in [0.2, 0.25) is 0 Å². The Labute approximate surface area is 194 Å². The maximum Gasteiger partial charge on any atom is 0.329 e. The molecule has 1 aromatic heterocycles. The summed E-state index contributed by atoms with van der Waals surface area (Å²) in [7, 11) is 0. The van der Waals surface area contributed by atoms with Crippen molar-refractivity contribution in [2.24, 2.45) is 0 Å². The summed E-state index contributed by atoms with van der Waals surface area (Å²) in [5.74, 6) is -1.87. The number of esters is 1. The zero-order valence-electron chi connectivity index (χ0n) is 17.0. The number of anilines is 1. The molecule has 0 spiro atoms. The van der Waals surface area contributed by atoms with Gasteiger partial charge >= 0.3 is 5.97 Å². The highest BCUT2D eigenvalue weighted by atomic mass is 35.5. The molecule has 2 aromatic carbocycles. The number of halogens is 2. The van der Waals surface area contributed by atoms with Gasteiger partial charge in [0.1, 0.15) is 6.04 Å². The first-order valence-electron chi connectivity index (χ1n) is 9.68. The molecule has 1 heterocycles. The smallest absolute Gasteiger partial charge is 0.329 e. The van der Waals surface area contributed by atoms with E-state index in [1.807, 2.05) is 30.3 Å². The fraction of sp³-hybridized carbons (Fsp3) is 0.174. The molecule has 3 aromatic rings. The van der Waals surface area contributed by atoms with Crippen molar-refractivity contribution in [3.05, 3.63) is 88.3 Å². The predicted molar refractivity (Wildman–Crippen MR) is 121 cm³/mol. The van der Waals surface area contributed by atoms with Crippen molar-refractivity contribution in [1.82, 2.24) is 5.32 Å². The molecule has 0 aliphatic heterocycles. The van der Waals surface area contributed by atoms with E-state index in [-0.39, 0.29) is 17.2 Å². The van der Waals surface area contributed by atoms with Crippen LogP contribution >= 0.6 is 23.2 Å². The van der Waals surface area contributed by atoms with E-state index in [1.54, 1.807) is 18.2 Å². The summed E-state index contributed by atoms with van der Waals surface area (Å²) in [5.41, 5.74) is 1.13. The van der Waals surface area contributed by atoms with Crippen molar-refractivity contribution in [2.75, 3.05) is 5.32 Å². The van der Waals surface area contributed by atoms with Gasteiger partial charge in [-0.15, -0.1) is 0 Å². The van der Waals surface area contributed by atoms with Gasteiger partial charge in [0.15, 0.2) is 11.9 Å². The molecule has 0 saturated heterocycles. The molecule has 2 amide bonds. The molecule has 7 nitrogen and oxygen atoms in total. The van der Waals surface area contributed by atoms with Gasteiger partial charge in [-0.3, -0.25) is 9.59 Å². The molecule has 0 fully saturated rings. The summed E-state index contributed by atoms with van der Waals surface area (Å²) < 4.78 is 10.4. The van der Waals surface area contributed by atoms with E-state index < -0.39 is 29.9 Å².